The van der Waals surface area contributed by atoms with Crippen LogP contribution in [0.25, 0.3) is 0 Å². The Bertz CT molecular complexity index is 1460. The zero-order valence-corrected chi connectivity index (χ0v) is 29.8. The van der Waals surface area contributed by atoms with E-state index < -0.39 is 23.6 Å². The average Bonchev–Trinajstić information content (AvgIpc) is 3.12. The molecule has 1 saturated heterocycles. The zero-order valence-electron chi connectivity index (χ0n) is 28.1. The van der Waals surface area contributed by atoms with Gasteiger partial charge in [0.25, 0.3) is 0 Å². The highest BCUT2D eigenvalue weighted by Crippen LogP contribution is 2.41. The predicted octanol–water partition coefficient (Wildman–Crippen LogP) is 9.44. The molecule has 3 aromatic carbocycles. The number of carbonyl (C=O) groups is 2. The van der Waals surface area contributed by atoms with E-state index in [1.54, 1.807) is 6.92 Å². The van der Waals surface area contributed by atoms with Crippen molar-refractivity contribution >= 4 is 35.5 Å². The second-order valence-corrected chi connectivity index (χ2v) is 14.3. The smallest absolute Gasteiger partial charge is 0.331 e. The second kappa shape index (κ2) is 19.9. The summed E-state index contributed by atoms with van der Waals surface area (Å²) in [5.41, 5.74) is 7.32. The lowest BCUT2D eigenvalue weighted by Gasteiger charge is -2.36. The van der Waals surface area contributed by atoms with Gasteiger partial charge in [0.2, 0.25) is 0 Å². The normalized spacial score (nSPS) is 14.4. The van der Waals surface area contributed by atoms with Gasteiger partial charge < -0.3 is 14.2 Å². The third-order valence-corrected chi connectivity index (χ3v) is 11.0. The lowest BCUT2D eigenvalue weighted by molar-refractivity contribution is -0.143. The molecule has 48 heavy (non-hydrogen) atoms. The maximum atomic E-state index is 12.9. The molecule has 5 nitrogen and oxygen atoms in total. The molecule has 0 radical (unpaired) electrons. The van der Waals surface area contributed by atoms with Crippen molar-refractivity contribution in [3.8, 4) is 0 Å². The van der Waals surface area contributed by atoms with Crippen molar-refractivity contribution in [2.24, 2.45) is 0 Å². The lowest BCUT2D eigenvalue weighted by atomic mass is 9.80. The highest BCUT2D eigenvalue weighted by molar-refractivity contribution is 8.17. The van der Waals surface area contributed by atoms with Crippen LogP contribution >= 0.6 is 23.5 Å². The highest BCUT2D eigenvalue weighted by Gasteiger charge is 2.37. The first-order chi connectivity index (χ1) is 23.5. The number of benzene rings is 3. The number of thioether (sulfide) groups is 2. The van der Waals surface area contributed by atoms with E-state index in [1.165, 1.54) is 17.9 Å². The summed E-state index contributed by atoms with van der Waals surface area (Å²) in [5.74, 6) is 1.23. The Hall–Kier alpha value is -3.74. The van der Waals surface area contributed by atoms with Crippen LogP contribution in [0.15, 0.2) is 132 Å². The van der Waals surface area contributed by atoms with Gasteiger partial charge in [-0.05, 0) is 74.7 Å². The summed E-state index contributed by atoms with van der Waals surface area (Å²) < 4.78 is 18.5. The Morgan fingerprint density at radius 3 is 1.92 bits per heavy atom. The molecule has 1 aliphatic heterocycles. The molecule has 0 aromatic heterocycles. The standard InChI is InChI=1S/C41H46O5S2/c1-4-17-33(30-32(3)37(24-15-25-40-47-28-16-29-48-40)46-39(43)27-26-38(42)44-5-2)31-45-41(34-18-9-6-10-19-34,35-20-11-7-12-21-35)36-22-13-8-14-23-36/h4,6-14,17-23,26-27,37,40H,5,15-16,24-25,28-29,31H2,1-3H3/b17-4+,27-26+. The van der Waals surface area contributed by atoms with Crippen molar-refractivity contribution in [2.45, 2.75) is 62.7 Å². The van der Waals surface area contributed by atoms with Crippen LogP contribution < -0.4 is 0 Å². The Kier molecular flexibility index (Phi) is 15.4. The van der Waals surface area contributed by atoms with Crippen LogP contribution in [0.2, 0.25) is 0 Å². The van der Waals surface area contributed by atoms with Crippen molar-refractivity contribution in [2.75, 3.05) is 24.7 Å². The first-order valence-electron chi connectivity index (χ1n) is 16.6. The molecular formula is C41H46O5S2. The van der Waals surface area contributed by atoms with Crippen molar-refractivity contribution in [1.82, 2.24) is 0 Å². The van der Waals surface area contributed by atoms with Crippen LogP contribution in [0, 0.1) is 0 Å². The molecule has 1 heterocycles. The SMILES string of the molecule is C/C=C/C(=C=C(C)C(CCCC1SCCCS1)OC(=O)/C=C/C(=O)OCC)COC(c1ccccc1)(c1ccccc1)c1ccccc1. The van der Waals surface area contributed by atoms with Crippen molar-refractivity contribution in [3.05, 3.63) is 149 Å². The summed E-state index contributed by atoms with van der Waals surface area (Å²) in [7, 11) is 0. The largest absolute Gasteiger partial charge is 0.463 e. The van der Waals surface area contributed by atoms with E-state index in [9.17, 15) is 9.59 Å². The van der Waals surface area contributed by atoms with Crippen LogP contribution in [0.3, 0.4) is 0 Å². The molecule has 0 amide bonds. The number of carbonyl (C=O) groups excluding carboxylic acids is 2. The summed E-state index contributed by atoms with van der Waals surface area (Å²) in [4.78, 5) is 24.7. The number of hydrogen-bond donors (Lipinski definition) is 0. The monoisotopic (exact) mass is 682 g/mol. The molecule has 1 atom stereocenters. The maximum Gasteiger partial charge on any atom is 0.331 e. The fourth-order valence-corrected chi connectivity index (χ4v) is 8.62. The average molecular weight is 683 g/mol. The topological polar surface area (TPSA) is 61.8 Å². The van der Waals surface area contributed by atoms with Crippen LogP contribution in [-0.2, 0) is 29.4 Å². The molecule has 0 saturated carbocycles. The number of ether oxygens (including phenoxy) is 3. The molecule has 4 rings (SSSR count). The van der Waals surface area contributed by atoms with E-state index >= 15 is 0 Å². The molecule has 252 valence electrons. The van der Waals surface area contributed by atoms with Gasteiger partial charge in [-0.25, -0.2) is 9.59 Å². The molecule has 3 aromatic rings. The van der Waals surface area contributed by atoms with Crippen LogP contribution in [-0.4, -0.2) is 47.3 Å². The third kappa shape index (κ3) is 10.9. The van der Waals surface area contributed by atoms with E-state index in [1.807, 2.05) is 104 Å². The summed E-state index contributed by atoms with van der Waals surface area (Å²) >= 11 is 4.03. The number of hydrogen-bond acceptors (Lipinski definition) is 7. The van der Waals surface area contributed by atoms with Gasteiger partial charge in [-0.2, -0.15) is 0 Å². The molecule has 1 aliphatic rings. The van der Waals surface area contributed by atoms with Gasteiger partial charge in [-0.3, -0.25) is 0 Å². The van der Waals surface area contributed by atoms with Gasteiger partial charge in [0.05, 0.1) is 17.8 Å². The minimum atomic E-state index is -0.884. The second-order valence-electron chi connectivity index (χ2n) is 11.4. The Morgan fingerprint density at radius 2 is 1.40 bits per heavy atom. The number of allylic oxidation sites excluding steroid dienone is 1. The molecule has 1 fully saturated rings. The van der Waals surface area contributed by atoms with Crippen molar-refractivity contribution in [1.29, 1.82) is 0 Å². The van der Waals surface area contributed by atoms with Crippen LogP contribution in [0.1, 0.15) is 63.1 Å². The summed E-state index contributed by atoms with van der Waals surface area (Å²) in [5, 5.41) is 0. The maximum absolute atomic E-state index is 12.9. The molecular weight excluding hydrogens is 637 g/mol. The van der Waals surface area contributed by atoms with E-state index in [4.69, 9.17) is 14.2 Å². The molecule has 0 spiro atoms. The number of esters is 2. The van der Waals surface area contributed by atoms with Gasteiger partial charge in [0.1, 0.15) is 11.7 Å². The predicted molar refractivity (Wildman–Crippen MR) is 199 cm³/mol. The summed E-state index contributed by atoms with van der Waals surface area (Å²) in [6.07, 6.45) is 9.54. The van der Waals surface area contributed by atoms with Crippen LogP contribution in [0.4, 0.5) is 0 Å². The molecule has 0 N–H and O–H groups in total. The fourth-order valence-electron chi connectivity index (χ4n) is 5.66. The van der Waals surface area contributed by atoms with E-state index in [0.29, 0.717) is 11.0 Å². The molecule has 1 unspecified atom stereocenters. The number of rotatable bonds is 16. The molecule has 0 aliphatic carbocycles. The molecule has 0 bridgehead atoms. The Labute approximate surface area is 294 Å². The third-order valence-electron chi connectivity index (χ3n) is 7.90. The summed E-state index contributed by atoms with van der Waals surface area (Å²) in [6.45, 7) is 6.12. The molecule has 7 heteroatoms. The van der Waals surface area contributed by atoms with E-state index in [-0.39, 0.29) is 13.2 Å². The van der Waals surface area contributed by atoms with Crippen molar-refractivity contribution < 1.29 is 23.8 Å². The van der Waals surface area contributed by atoms with Crippen LogP contribution in [0.5, 0.6) is 0 Å². The summed E-state index contributed by atoms with van der Waals surface area (Å²) in [6, 6.07) is 30.8. The quantitative estimate of drug-likeness (QED) is 0.0491. The minimum absolute atomic E-state index is 0.237. The van der Waals surface area contributed by atoms with Crippen molar-refractivity contribution in [3.63, 3.8) is 0 Å². The first kappa shape index (κ1) is 37.1. The Morgan fingerprint density at radius 1 is 0.854 bits per heavy atom. The van der Waals surface area contributed by atoms with Gasteiger partial charge in [-0.1, -0.05) is 103 Å². The first-order valence-corrected chi connectivity index (χ1v) is 18.7. The minimum Gasteiger partial charge on any atom is -0.463 e. The Balaban J connectivity index is 1.68. The fraction of sp³-hybridized carbons (Fsp3) is 0.341. The van der Waals surface area contributed by atoms with Gasteiger partial charge in [0, 0.05) is 23.3 Å². The highest BCUT2D eigenvalue weighted by atomic mass is 32.2. The van der Waals surface area contributed by atoms with Gasteiger partial charge in [-0.15, -0.1) is 29.3 Å². The van der Waals surface area contributed by atoms with Gasteiger partial charge >= 0.3 is 11.9 Å². The lowest BCUT2D eigenvalue weighted by Crippen LogP contribution is -2.33. The van der Waals surface area contributed by atoms with E-state index in [2.05, 4.69) is 42.1 Å². The van der Waals surface area contributed by atoms with Gasteiger partial charge in [0.15, 0.2) is 0 Å². The van der Waals surface area contributed by atoms with E-state index in [0.717, 1.165) is 52.8 Å². The zero-order chi connectivity index (χ0) is 34.0.